The number of carbonyl (C=O) groups is 2. The molecule has 5 nitrogen and oxygen atoms in total. The smallest absolute Gasteiger partial charge is 0.495 e. The number of nitrogens with zero attached hydrogens (tertiary/aromatic N) is 1. The van der Waals surface area contributed by atoms with Gasteiger partial charge in [0.2, 0.25) is 0 Å². The summed E-state index contributed by atoms with van der Waals surface area (Å²) in [7, 11) is 0.778. The summed E-state index contributed by atoms with van der Waals surface area (Å²) in [5, 5.41) is 0. The van der Waals surface area contributed by atoms with Crippen molar-refractivity contribution in [3.63, 3.8) is 0 Å². The summed E-state index contributed by atoms with van der Waals surface area (Å²) < 4.78 is 10.0. The standard InChI is InChI=1S/C11H18BNO4/c1-9(2)5-4-6-12-16-10(14)7-13(3)8-11(15)17-12/h4,6,9H,5,7-8H2,1-3H3/b6-4+. The van der Waals surface area contributed by atoms with E-state index in [4.69, 9.17) is 9.31 Å². The van der Waals surface area contributed by atoms with E-state index in [1.165, 1.54) is 0 Å². The second-order valence-electron chi connectivity index (χ2n) is 4.58. The van der Waals surface area contributed by atoms with Crippen LogP contribution in [0.15, 0.2) is 12.1 Å². The van der Waals surface area contributed by atoms with Gasteiger partial charge < -0.3 is 9.31 Å². The quantitative estimate of drug-likeness (QED) is 0.676. The van der Waals surface area contributed by atoms with Crippen LogP contribution in [0.4, 0.5) is 0 Å². The molecule has 0 radical (unpaired) electrons. The van der Waals surface area contributed by atoms with Crippen molar-refractivity contribution in [2.75, 3.05) is 20.1 Å². The molecule has 17 heavy (non-hydrogen) atoms. The van der Waals surface area contributed by atoms with Gasteiger partial charge in [-0.25, -0.2) is 0 Å². The summed E-state index contributed by atoms with van der Waals surface area (Å²) >= 11 is 0. The van der Waals surface area contributed by atoms with E-state index < -0.39 is 7.12 Å². The third-order valence-electron chi connectivity index (χ3n) is 2.19. The highest BCUT2D eigenvalue weighted by atomic mass is 16.6. The molecule has 0 aromatic carbocycles. The topological polar surface area (TPSA) is 55.8 Å². The summed E-state index contributed by atoms with van der Waals surface area (Å²) in [6, 6.07) is 0. The fourth-order valence-corrected chi connectivity index (χ4v) is 1.39. The maximum Gasteiger partial charge on any atom is 0.628 e. The highest BCUT2D eigenvalue weighted by Crippen LogP contribution is 2.04. The minimum Gasteiger partial charge on any atom is -0.495 e. The molecule has 1 aliphatic rings. The molecule has 1 rings (SSSR count). The molecule has 0 N–H and O–H groups in total. The van der Waals surface area contributed by atoms with Gasteiger partial charge in [-0.1, -0.05) is 19.9 Å². The molecule has 0 spiro atoms. The van der Waals surface area contributed by atoms with Crippen LogP contribution >= 0.6 is 0 Å². The maximum atomic E-state index is 11.4. The Kier molecular flexibility index (Phi) is 5.22. The van der Waals surface area contributed by atoms with Crippen molar-refractivity contribution >= 4 is 19.1 Å². The van der Waals surface area contributed by atoms with Crippen LogP contribution < -0.4 is 0 Å². The monoisotopic (exact) mass is 239 g/mol. The lowest BCUT2D eigenvalue weighted by Gasteiger charge is -2.21. The Morgan fingerprint density at radius 2 is 1.82 bits per heavy atom. The Balaban J connectivity index is 2.55. The van der Waals surface area contributed by atoms with Gasteiger partial charge in [-0.05, 0) is 25.4 Å². The molecule has 1 saturated heterocycles. The van der Waals surface area contributed by atoms with Gasteiger partial charge in [0.05, 0.1) is 13.1 Å². The first-order chi connectivity index (χ1) is 7.97. The predicted molar refractivity (Wildman–Crippen MR) is 64.0 cm³/mol. The summed E-state index contributed by atoms with van der Waals surface area (Å²) in [5.41, 5.74) is 0. The maximum absolute atomic E-state index is 11.4. The highest BCUT2D eigenvalue weighted by Gasteiger charge is 2.28. The number of hydrogen-bond acceptors (Lipinski definition) is 5. The molecule has 0 bridgehead atoms. The van der Waals surface area contributed by atoms with Crippen LogP contribution in [0.5, 0.6) is 0 Å². The van der Waals surface area contributed by atoms with Gasteiger partial charge in [-0.15, -0.1) is 0 Å². The van der Waals surface area contributed by atoms with Crippen molar-refractivity contribution in [1.82, 2.24) is 4.90 Å². The summed E-state index contributed by atoms with van der Waals surface area (Å²) in [6.45, 7) is 4.36. The Morgan fingerprint density at radius 1 is 1.29 bits per heavy atom. The fraction of sp³-hybridized carbons (Fsp3) is 0.636. The van der Waals surface area contributed by atoms with Crippen molar-refractivity contribution in [1.29, 1.82) is 0 Å². The first-order valence-corrected chi connectivity index (χ1v) is 5.71. The third kappa shape index (κ3) is 5.54. The van der Waals surface area contributed by atoms with E-state index in [0.717, 1.165) is 6.42 Å². The molecule has 0 aromatic heterocycles. The summed E-state index contributed by atoms with van der Waals surface area (Å²) in [4.78, 5) is 24.3. The molecule has 1 heterocycles. The number of hydrogen-bond donors (Lipinski definition) is 0. The van der Waals surface area contributed by atoms with Crippen LogP contribution in [0.25, 0.3) is 0 Å². The van der Waals surface area contributed by atoms with Gasteiger partial charge in [0.15, 0.2) is 0 Å². The second-order valence-corrected chi connectivity index (χ2v) is 4.58. The molecular formula is C11H18BNO4. The number of likely N-dealkylation sites (N-methyl/N-ethyl adjacent to an activating group) is 1. The van der Waals surface area contributed by atoms with E-state index in [2.05, 4.69) is 13.8 Å². The number of carbonyl (C=O) groups excluding carboxylic acids is 2. The summed E-state index contributed by atoms with van der Waals surface area (Å²) in [5.74, 6) is 1.34. The zero-order chi connectivity index (χ0) is 12.8. The molecule has 6 heteroatoms. The molecule has 1 aliphatic heterocycles. The minimum atomic E-state index is -0.887. The van der Waals surface area contributed by atoms with Crippen molar-refractivity contribution < 1.29 is 18.9 Å². The van der Waals surface area contributed by atoms with E-state index in [1.807, 2.05) is 6.08 Å². The van der Waals surface area contributed by atoms with Crippen molar-refractivity contribution in [3.05, 3.63) is 12.1 Å². The molecule has 94 valence electrons. The van der Waals surface area contributed by atoms with Gasteiger partial charge in [-0.2, -0.15) is 0 Å². The van der Waals surface area contributed by atoms with Crippen LogP contribution in [0, 0.1) is 5.92 Å². The Hall–Kier alpha value is -1.30. The second kappa shape index (κ2) is 6.44. The van der Waals surface area contributed by atoms with Crippen molar-refractivity contribution in [2.45, 2.75) is 20.3 Å². The van der Waals surface area contributed by atoms with Gasteiger partial charge in [0.25, 0.3) is 0 Å². The first kappa shape index (κ1) is 13.8. The van der Waals surface area contributed by atoms with Gasteiger partial charge in [0.1, 0.15) is 0 Å². The fourth-order valence-electron chi connectivity index (χ4n) is 1.39. The van der Waals surface area contributed by atoms with Crippen LogP contribution in [0.3, 0.4) is 0 Å². The van der Waals surface area contributed by atoms with Gasteiger partial charge >= 0.3 is 19.1 Å². The van der Waals surface area contributed by atoms with Crippen LogP contribution in [-0.4, -0.2) is 44.1 Å². The van der Waals surface area contributed by atoms with E-state index >= 15 is 0 Å². The van der Waals surface area contributed by atoms with Crippen LogP contribution in [-0.2, 0) is 18.9 Å². The lowest BCUT2D eigenvalue weighted by Crippen LogP contribution is -2.41. The van der Waals surface area contributed by atoms with Gasteiger partial charge in [-0.3, -0.25) is 14.5 Å². The van der Waals surface area contributed by atoms with Crippen molar-refractivity contribution in [2.24, 2.45) is 5.92 Å². The zero-order valence-corrected chi connectivity index (χ0v) is 10.5. The van der Waals surface area contributed by atoms with E-state index in [0.29, 0.717) is 5.92 Å². The normalized spacial score (nSPS) is 19.2. The molecule has 0 aromatic rings. The van der Waals surface area contributed by atoms with E-state index in [9.17, 15) is 9.59 Å². The van der Waals surface area contributed by atoms with E-state index in [1.54, 1.807) is 17.9 Å². The lowest BCUT2D eigenvalue weighted by molar-refractivity contribution is -0.145. The van der Waals surface area contributed by atoms with Crippen molar-refractivity contribution in [3.8, 4) is 0 Å². The Morgan fingerprint density at radius 3 is 2.29 bits per heavy atom. The Labute approximate surface area is 102 Å². The predicted octanol–water partition coefficient (Wildman–Crippen LogP) is 0.648. The average molecular weight is 239 g/mol. The molecule has 0 amide bonds. The molecule has 0 saturated carbocycles. The van der Waals surface area contributed by atoms with Crippen LogP contribution in [0.1, 0.15) is 20.3 Å². The Bertz CT molecular complexity index is 297. The average Bonchev–Trinajstić information content (AvgIpc) is 2.13. The highest BCUT2D eigenvalue weighted by molar-refractivity contribution is 6.54. The molecule has 1 fully saturated rings. The molecule has 0 unspecified atom stereocenters. The number of rotatable bonds is 3. The molecule has 0 atom stereocenters. The molecular weight excluding hydrogens is 221 g/mol. The third-order valence-corrected chi connectivity index (χ3v) is 2.19. The summed E-state index contributed by atoms with van der Waals surface area (Å²) in [6.07, 6.45) is 2.71. The zero-order valence-electron chi connectivity index (χ0n) is 10.5. The minimum absolute atomic E-state index is 0.101. The largest absolute Gasteiger partial charge is 0.628 e. The lowest BCUT2D eigenvalue weighted by atomic mass is 9.88. The SMILES string of the molecule is CC(C)C/C=C/B1OC(=O)CN(C)CC(=O)O1. The van der Waals surface area contributed by atoms with Gasteiger partial charge in [0, 0.05) is 0 Å². The molecule has 0 aliphatic carbocycles. The van der Waals surface area contributed by atoms with E-state index in [-0.39, 0.29) is 25.0 Å². The number of allylic oxidation sites excluding steroid dienone is 1. The van der Waals surface area contributed by atoms with Crippen LogP contribution in [0.2, 0.25) is 0 Å². The first-order valence-electron chi connectivity index (χ1n) is 5.71.